The lowest BCUT2D eigenvalue weighted by molar-refractivity contribution is 0.0946. The number of fused-ring (bicyclic) bond motifs is 1. The molecule has 3 rings (SSSR count). The zero-order valence-electron chi connectivity index (χ0n) is 19.1. The van der Waals surface area contributed by atoms with E-state index in [1.165, 1.54) is 10.4 Å². The third kappa shape index (κ3) is 4.09. The summed E-state index contributed by atoms with van der Waals surface area (Å²) in [5.74, 6) is -1.04. The smallest absolute Gasteiger partial charge is 0.270 e. The van der Waals surface area contributed by atoms with Gasteiger partial charge in [-0.15, -0.1) is 0 Å². The van der Waals surface area contributed by atoms with Gasteiger partial charge in [0.1, 0.15) is 5.70 Å². The van der Waals surface area contributed by atoms with E-state index in [4.69, 9.17) is 0 Å². The monoisotopic (exact) mass is 454 g/mol. The molecule has 1 aliphatic carbocycles. The molecule has 170 valence electrons. The van der Waals surface area contributed by atoms with Gasteiger partial charge in [0, 0.05) is 30.8 Å². The Labute approximate surface area is 190 Å². The van der Waals surface area contributed by atoms with Crippen LogP contribution < -0.4 is 4.31 Å². The minimum Gasteiger partial charge on any atom is -0.367 e. The molecule has 0 radical (unpaired) electrons. The molecule has 0 aromatic heterocycles. The van der Waals surface area contributed by atoms with E-state index in [9.17, 15) is 18.0 Å². The summed E-state index contributed by atoms with van der Waals surface area (Å²) >= 11 is 0. The maximum atomic E-state index is 14.0. The van der Waals surface area contributed by atoms with E-state index >= 15 is 0 Å². The van der Waals surface area contributed by atoms with Crippen LogP contribution in [0.4, 0.5) is 5.69 Å². The van der Waals surface area contributed by atoms with Crippen molar-refractivity contribution in [1.29, 1.82) is 0 Å². The molecule has 0 saturated heterocycles. The number of benzene rings is 2. The van der Waals surface area contributed by atoms with Crippen molar-refractivity contribution in [2.24, 2.45) is 0 Å². The van der Waals surface area contributed by atoms with Gasteiger partial charge in [-0.05, 0) is 38.3 Å². The number of anilines is 1. The molecule has 0 amide bonds. The Bertz CT molecular complexity index is 1160. The van der Waals surface area contributed by atoms with Crippen molar-refractivity contribution in [3.63, 3.8) is 0 Å². The van der Waals surface area contributed by atoms with Crippen LogP contribution in [-0.4, -0.2) is 44.5 Å². The van der Waals surface area contributed by atoms with Crippen molar-refractivity contribution in [2.75, 3.05) is 23.9 Å². The van der Waals surface area contributed by atoms with Crippen molar-refractivity contribution < 1.29 is 18.0 Å². The normalized spacial score (nSPS) is 13.9. The van der Waals surface area contributed by atoms with Gasteiger partial charge < -0.3 is 4.90 Å². The van der Waals surface area contributed by atoms with E-state index in [2.05, 4.69) is 0 Å². The highest BCUT2D eigenvalue weighted by Crippen LogP contribution is 2.35. The van der Waals surface area contributed by atoms with Crippen LogP contribution in [0.2, 0.25) is 0 Å². The fraction of sp³-hybridized carbons (Fsp3) is 0.360. The zero-order chi connectivity index (χ0) is 23.5. The fourth-order valence-electron chi connectivity index (χ4n) is 4.16. The summed E-state index contributed by atoms with van der Waals surface area (Å²) in [5.41, 5.74) is 1.65. The van der Waals surface area contributed by atoms with Crippen LogP contribution >= 0.6 is 0 Å². The number of carbonyl (C=O) groups is 2. The minimum absolute atomic E-state index is 0.00978. The van der Waals surface area contributed by atoms with Crippen molar-refractivity contribution in [3.8, 4) is 0 Å². The Morgan fingerprint density at radius 2 is 1.31 bits per heavy atom. The first-order valence-electron chi connectivity index (χ1n) is 11.1. The quantitative estimate of drug-likeness (QED) is 0.555. The van der Waals surface area contributed by atoms with Crippen LogP contribution in [0.1, 0.15) is 59.9 Å². The number of allylic oxidation sites excluding steroid dienone is 2. The molecule has 0 spiro atoms. The highest BCUT2D eigenvalue weighted by molar-refractivity contribution is 7.97. The molecule has 1 aliphatic rings. The summed E-state index contributed by atoms with van der Waals surface area (Å²) in [6.45, 7) is 8.59. The summed E-state index contributed by atoms with van der Waals surface area (Å²) in [7, 11) is -4.30. The third-order valence-corrected chi connectivity index (χ3v) is 7.51. The van der Waals surface area contributed by atoms with Gasteiger partial charge in [0.15, 0.2) is 4.91 Å². The predicted octanol–water partition coefficient (Wildman–Crippen LogP) is 4.56. The van der Waals surface area contributed by atoms with Crippen molar-refractivity contribution in [1.82, 2.24) is 4.90 Å². The molecule has 0 heterocycles. The molecule has 32 heavy (non-hydrogen) atoms. The maximum absolute atomic E-state index is 14.0. The summed E-state index contributed by atoms with van der Waals surface area (Å²) < 4.78 is 29.3. The number of rotatable bonds is 9. The van der Waals surface area contributed by atoms with E-state index in [1.807, 2.05) is 32.9 Å². The second kappa shape index (κ2) is 9.69. The first-order valence-corrected chi connectivity index (χ1v) is 12.5. The van der Waals surface area contributed by atoms with E-state index < -0.39 is 26.5 Å². The Morgan fingerprint density at radius 3 is 1.84 bits per heavy atom. The van der Waals surface area contributed by atoms with Gasteiger partial charge in [-0.1, -0.05) is 56.3 Å². The molecule has 0 N–H and O–H groups in total. The largest absolute Gasteiger partial charge is 0.367 e. The highest BCUT2D eigenvalue weighted by Gasteiger charge is 2.43. The van der Waals surface area contributed by atoms with Gasteiger partial charge in [0.25, 0.3) is 10.0 Å². The third-order valence-electron chi connectivity index (χ3n) is 5.58. The SMILES string of the molecule is CCCN(CCC)C1=C(S(=O)(=O)N(CC)c2ccccc2C)C(=O)c2ccccc2C1=O. The van der Waals surface area contributed by atoms with Crippen LogP contribution in [-0.2, 0) is 10.0 Å². The summed E-state index contributed by atoms with van der Waals surface area (Å²) in [6.07, 6.45) is 1.43. The van der Waals surface area contributed by atoms with E-state index in [0.29, 0.717) is 18.8 Å². The molecule has 0 bridgehead atoms. The highest BCUT2D eigenvalue weighted by atomic mass is 32.2. The molecule has 6 nitrogen and oxygen atoms in total. The standard InChI is InChI=1S/C25H30N2O4S/c1-5-16-26(17-6-2)22-23(28)19-13-9-10-14-20(19)24(29)25(22)32(30,31)27(7-3)21-15-11-8-12-18(21)4/h8-15H,5-7,16-17H2,1-4H3. The molecule has 2 aromatic carbocycles. The van der Waals surface area contributed by atoms with Crippen molar-refractivity contribution in [3.05, 3.63) is 75.8 Å². The van der Waals surface area contributed by atoms with E-state index in [-0.39, 0.29) is 23.4 Å². The number of sulfonamides is 1. The maximum Gasteiger partial charge on any atom is 0.270 e. The van der Waals surface area contributed by atoms with Crippen LogP contribution in [0, 0.1) is 6.92 Å². The molecule has 0 fully saturated rings. The lowest BCUT2D eigenvalue weighted by atomic mass is 9.91. The number of carbonyl (C=O) groups excluding carboxylic acids is 2. The average molecular weight is 455 g/mol. The van der Waals surface area contributed by atoms with Gasteiger partial charge in [0.2, 0.25) is 11.6 Å². The van der Waals surface area contributed by atoms with Crippen molar-refractivity contribution >= 4 is 27.3 Å². The molecule has 2 aromatic rings. The van der Waals surface area contributed by atoms with E-state index in [1.54, 1.807) is 42.2 Å². The fourth-order valence-corrected chi connectivity index (χ4v) is 6.00. The van der Waals surface area contributed by atoms with Gasteiger partial charge in [-0.25, -0.2) is 8.42 Å². The van der Waals surface area contributed by atoms with Gasteiger partial charge in [-0.3, -0.25) is 13.9 Å². The van der Waals surface area contributed by atoms with Gasteiger partial charge >= 0.3 is 0 Å². The molecule has 0 atom stereocenters. The molecular weight excluding hydrogens is 424 g/mol. The second-order valence-corrected chi connectivity index (χ2v) is 9.62. The summed E-state index contributed by atoms with van der Waals surface area (Å²) in [6, 6.07) is 13.6. The number of hydrogen-bond acceptors (Lipinski definition) is 5. The number of Topliss-reactive ketones (excluding diaryl/α,β-unsaturated/α-hetero) is 2. The molecule has 0 saturated carbocycles. The number of hydrogen-bond donors (Lipinski definition) is 0. The summed E-state index contributed by atoms with van der Waals surface area (Å²) in [4.78, 5) is 28.6. The number of para-hydroxylation sites is 1. The molecule has 0 unspecified atom stereocenters. The molecule has 7 heteroatoms. The molecular formula is C25H30N2O4S. The van der Waals surface area contributed by atoms with Crippen LogP contribution in [0.5, 0.6) is 0 Å². The number of aryl methyl sites for hydroxylation is 1. The Balaban J connectivity index is 2.32. The van der Waals surface area contributed by atoms with Crippen molar-refractivity contribution in [2.45, 2.75) is 40.5 Å². The predicted molar refractivity (Wildman–Crippen MR) is 127 cm³/mol. The van der Waals surface area contributed by atoms with Gasteiger partial charge in [-0.2, -0.15) is 0 Å². The lowest BCUT2D eigenvalue weighted by Crippen LogP contribution is -2.42. The molecule has 0 aliphatic heterocycles. The minimum atomic E-state index is -4.30. The lowest BCUT2D eigenvalue weighted by Gasteiger charge is -2.33. The van der Waals surface area contributed by atoms with Crippen LogP contribution in [0.25, 0.3) is 0 Å². The second-order valence-electron chi connectivity index (χ2n) is 7.82. The topological polar surface area (TPSA) is 74.8 Å². The Hall–Kier alpha value is -2.93. The number of ketones is 2. The first kappa shape index (κ1) is 23.7. The van der Waals surface area contributed by atoms with E-state index in [0.717, 1.165) is 18.4 Å². The Morgan fingerprint density at radius 1 is 0.781 bits per heavy atom. The number of nitrogens with zero attached hydrogens (tertiary/aromatic N) is 2. The summed E-state index contributed by atoms with van der Waals surface area (Å²) in [5, 5.41) is 0. The van der Waals surface area contributed by atoms with Crippen LogP contribution in [0.15, 0.2) is 59.1 Å². The first-order chi connectivity index (χ1) is 15.3. The Kier molecular flexibility index (Phi) is 7.19. The zero-order valence-corrected chi connectivity index (χ0v) is 19.9. The average Bonchev–Trinajstić information content (AvgIpc) is 2.77. The van der Waals surface area contributed by atoms with Gasteiger partial charge in [0.05, 0.1) is 5.69 Å². The van der Waals surface area contributed by atoms with Crippen LogP contribution in [0.3, 0.4) is 0 Å².